The maximum absolute atomic E-state index is 12.4. The Morgan fingerprint density at radius 2 is 1.89 bits per heavy atom. The summed E-state index contributed by atoms with van der Waals surface area (Å²) < 4.78 is 17.3. The summed E-state index contributed by atoms with van der Waals surface area (Å²) in [5.41, 5.74) is 0.384. The summed E-state index contributed by atoms with van der Waals surface area (Å²) >= 11 is 2.59. The van der Waals surface area contributed by atoms with Crippen LogP contribution < -0.4 is 25.1 Å². The minimum atomic E-state index is -0.250. The third-order valence-corrected chi connectivity index (χ3v) is 5.78. The smallest absolute Gasteiger partial charge is 0.262 e. The summed E-state index contributed by atoms with van der Waals surface area (Å²) in [5.74, 6) is 1.17. The quantitative estimate of drug-likeness (QED) is 0.463. The first-order chi connectivity index (χ1) is 13.5. The van der Waals surface area contributed by atoms with Gasteiger partial charge in [-0.15, -0.1) is 11.3 Å². The molecule has 0 saturated heterocycles. The van der Waals surface area contributed by atoms with E-state index >= 15 is 0 Å². The summed E-state index contributed by atoms with van der Waals surface area (Å²) in [4.78, 5) is 29.8. The van der Waals surface area contributed by atoms with E-state index in [9.17, 15) is 9.59 Å². The third-order valence-electron chi connectivity index (χ3n) is 3.94. The van der Waals surface area contributed by atoms with Gasteiger partial charge in [0.1, 0.15) is 4.83 Å². The predicted molar refractivity (Wildman–Crippen MR) is 110 cm³/mol. The number of anilines is 1. The number of amides is 1. The number of hydrogen-bond acceptors (Lipinski definition) is 8. The molecule has 0 spiro atoms. The fourth-order valence-electron chi connectivity index (χ4n) is 2.59. The number of carbonyl (C=O) groups excluding carboxylic acids is 1. The average Bonchev–Trinajstić information content (AvgIpc) is 3.17. The highest BCUT2D eigenvalue weighted by Gasteiger charge is 2.16. The van der Waals surface area contributed by atoms with E-state index in [0.29, 0.717) is 38.3 Å². The Morgan fingerprint density at radius 1 is 1.21 bits per heavy atom. The molecule has 10 heteroatoms. The standard InChI is InChI=1S/C18H19N3O5S2/c1-21-17(23)11-5-6-27-16(11)20-18(21)28-9-14(22)19-10-7-12(24-2)15(26-4)13(8-10)25-3/h5-8H,9H2,1-4H3,(H,19,22). The Labute approximate surface area is 169 Å². The van der Waals surface area contributed by atoms with Crippen molar-refractivity contribution < 1.29 is 19.0 Å². The normalized spacial score (nSPS) is 10.7. The molecular formula is C18H19N3O5S2. The lowest BCUT2D eigenvalue weighted by Crippen LogP contribution is -2.20. The molecule has 1 amide bonds. The van der Waals surface area contributed by atoms with E-state index in [2.05, 4.69) is 10.3 Å². The molecule has 0 aliphatic carbocycles. The highest BCUT2D eigenvalue weighted by Crippen LogP contribution is 2.40. The molecule has 1 N–H and O–H groups in total. The molecule has 0 bridgehead atoms. The highest BCUT2D eigenvalue weighted by molar-refractivity contribution is 7.99. The summed E-state index contributed by atoms with van der Waals surface area (Å²) in [7, 11) is 6.17. The maximum Gasteiger partial charge on any atom is 0.262 e. The zero-order valence-corrected chi connectivity index (χ0v) is 17.4. The van der Waals surface area contributed by atoms with Crippen molar-refractivity contribution in [2.75, 3.05) is 32.4 Å². The largest absolute Gasteiger partial charge is 0.493 e. The molecule has 2 heterocycles. The topological polar surface area (TPSA) is 91.7 Å². The van der Waals surface area contributed by atoms with Crippen LogP contribution in [0.25, 0.3) is 10.2 Å². The van der Waals surface area contributed by atoms with Crippen molar-refractivity contribution in [2.24, 2.45) is 7.05 Å². The molecule has 148 valence electrons. The van der Waals surface area contributed by atoms with Crippen molar-refractivity contribution in [1.82, 2.24) is 9.55 Å². The Kier molecular flexibility index (Phi) is 6.10. The van der Waals surface area contributed by atoms with Crippen molar-refractivity contribution in [2.45, 2.75) is 5.16 Å². The predicted octanol–water partition coefficient (Wildman–Crippen LogP) is 2.75. The minimum Gasteiger partial charge on any atom is -0.493 e. The zero-order valence-electron chi connectivity index (χ0n) is 15.8. The molecule has 0 fully saturated rings. The van der Waals surface area contributed by atoms with Gasteiger partial charge >= 0.3 is 0 Å². The van der Waals surface area contributed by atoms with Crippen LogP contribution in [0.2, 0.25) is 0 Å². The number of thiophene rings is 1. The lowest BCUT2D eigenvalue weighted by atomic mass is 10.2. The van der Waals surface area contributed by atoms with Crippen LogP contribution in [0.4, 0.5) is 5.69 Å². The van der Waals surface area contributed by atoms with Crippen LogP contribution in [-0.2, 0) is 11.8 Å². The van der Waals surface area contributed by atoms with Gasteiger partial charge in [-0.25, -0.2) is 4.98 Å². The molecule has 0 aliphatic rings. The fraction of sp³-hybridized carbons (Fsp3) is 0.278. The van der Waals surface area contributed by atoms with E-state index in [1.807, 2.05) is 5.38 Å². The molecule has 2 aromatic heterocycles. The number of nitrogens with zero attached hydrogens (tertiary/aromatic N) is 2. The van der Waals surface area contributed by atoms with E-state index < -0.39 is 0 Å². The Balaban J connectivity index is 1.75. The van der Waals surface area contributed by atoms with Gasteiger partial charge in [0.15, 0.2) is 16.7 Å². The van der Waals surface area contributed by atoms with E-state index in [1.165, 1.54) is 49.0 Å². The summed E-state index contributed by atoms with van der Waals surface area (Å²) in [6.45, 7) is 0. The first-order valence-electron chi connectivity index (χ1n) is 8.15. The number of fused-ring (bicyclic) bond motifs is 1. The molecule has 0 unspecified atom stereocenters. The molecule has 8 nitrogen and oxygen atoms in total. The summed E-state index contributed by atoms with van der Waals surface area (Å²) in [5, 5.41) is 5.68. The van der Waals surface area contributed by atoms with Crippen LogP contribution in [0.5, 0.6) is 17.2 Å². The molecule has 0 radical (unpaired) electrons. The maximum atomic E-state index is 12.4. The Morgan fingerprint density at radius 3 is 2.50 bits per heavy atom. The van der Waals surface area contributed by atoms with Gasteiger partial charge in [0, 0.05) is 24.9 Å². The monoisotopic (exact) mass is 421 g/mol. The van der Waals surface area contributed by atoms with Gasteiger partial charge in [-0.3, -0.25) is 14.2 Å². The number of carbonyl (C=O) groups is 1. The molecule has 0 saturated carbocycles. The number of rotatable bonds is 7. The number of aromatic nitrogens is 2. The zero-order chi connectivity index (χ0) is 20.3. The number of nitrogens with one attached hydrogen (secondary N) is 1. The molecule has 0 atom stereocenters. The van der Waals surface area contributed by atoms with Gasteiger partial charge in [0.25, 0.3) is 5.56 Å². The molecule has 1 aromatic carbocycles. The lowest BCUT2D eigenvalue weighted by Gasteiger charge is -2.14. The number of methoxy groups -OCH3 is 3. The highest BCUT2D eigenvalue weighted by atomic mass is 32.2. The van der Waals surface area contributed by atoms with Gasteiger partial charge in [-0.2, -0.15) is 0 Å². The van der Waals surface area contributed by atoms with Crippen LogP contribution in [0, 0.1) is 0 Å². The lowest BCUT2D eigenvalue weighted by molar-refractivity contribution is -0.113. The van der Waals surface area contributed by atoms with E-state index in [-0.39, 0.29) is 17.2 Å². The summed E-state index contributed by atoms with van der Waals surface area (Å²) in [6, 6.07) is 5.05. The number of ether oxygens (including phenoxy) is 3. The molecule has 3 rings (SSSR count). The summed E-state index contributed by atoms with van der Waals surface area (Å²) in [6.07, 6.45) is 0. The van der Waals surface area contributed by atoms with E-state index in [0.717, 1.165) is 0 Å². The van der Waals surface area contributed by atoms with Gasteiger partial charge in [-0.1, -0.05) is 11.8 Å². The Bertz CT molecular complexity index is 1050. The molecule has 3 aromatic rings. The van der Waals surface area contributed by atoms with Crippen LogP contribution >= 0.6 is 23.1 Å². The van der Waals surface area contributed by atoms with E-state index in [1.54, 1.807) is 25.2 Å². The number of hydrogen-bond donors (Lipinski definition) is 1. The first kappa shape index (κ1) is 20.0. The van der Waals surface area contributed by atoms with Crippen LogP contribution in [-0.4, -0.2) is 42.5 Å². The van der Waals surface area contributed by atoms with Crippen molar-refractivity contribution in [1.29, 1.82) is 0 Å². The van der Waals surface area contributed by atoms with Gasteiger partial charge in [0.2, 0.25) is 11.7 Å². The Hall–Kier alpha value is -2.72. The van der Waals surface area contributed by atoms with Crippen LogP contribution in [0.3, 0.4) is 0 Å². The number of benzene rings is 1. The first-order valence-corrected chi connectivity index (χ1v) is 10.0. The molecule has 28 heavy (non-hydrogen) atoms. The molecule has 0 aliphatic heterocycles. The minimum absolute atomic E-state index is 0.0911. The fourth-order valence-corrected chi connectivity index (χ4v) is 4.17. The third kappa shape index (κ3) is 3.92. The second kappa shape index (κ2) is 8.53. The van der Waals surface area contributed by atoms with Crippen LogP contribution in [0.15, 0.2) is 33.5 Å². The van der Waals surface area contributed by atoms with Crippen molar-refractivity contribution in [3.05, 3.63) is 33.9 Å². The van der Waals surface area contributed by atoms with E-state index in [4.69, 9.17) is 14.2 Å². The number of thioether (sulfide) groups is 1. The second-order valence-electron chi connectivity index (χ2n) is 5.65. The van der Waals surface area contributed by atoms with Crippen LogP contribution in [0.1, 0.15) is 0 Å². The SMILES string of the molecule is COc1cc(NC(=O)CSc2nc3sccc3c(=O)n2C)cc(OC)c1OC. The van der Waals surface area contributed by atoms with Crippen molar-refractivity contribution in [3.8, 4) is 17.2 Å². The van der Waals surface area contributed by atoms with Crippen molar-refractivity contribution >= 4 is 44.9 Å². The average molecular weight is 422 g/mol. The molecular weight excluding hydrogens is 402 g/mol. The van der Waals surface area contributed by atoms with Gasteiger partial charge in [-0.05, 0) is 11.4 Å². The van der Waals surface area contributed by atoms with Gasteiger partial charge < -0.3 is 19.5 Å². The second-order valence-corrected chi connectivity index (χ2v) is 7.49. The van der Waals surface area contributed by atoms with Crippen molar-refractivity contribution in [3.63, 3.8) is 0 Å². The van der Waals surface area contributed by atoms with Gasteiger partial charge in [0.05, 0.1) is 32.5 Å².